The molecular formula is C15H14Cl2N2O2. The van der Waals surface area contributed by atoms with Crippen molar-refractivity contribution in [3.63, 3.8) is 0 Å². The molecule has 1 heterocycles. The molecule has 0 fully saturated rings. The van der Waals surface area contributed by atoms with Crippen molar-refractivity contribution in [2.75, 3.05) is 0 Å². The van der Waals surface area contributed by atoms with Crippen LogP contribution in [0.4, 0.5) is 0 Å². The number of amides is 1. The standard InChI is InChI=1S/C15H14Cl2N2O2/c1-9(14(20)10-2-4-11(16)5-3-10)19-15(21)12-6-7-18-8-13(12)17/h2-9,14,20H,1H3,(H,19,21). The average Bonchev–Trinajstić information content (AvgIpc) is 2.47. The van der Waals surface area contributed by atoms with Gasteiger partial charge in [-0.25, -0.2) is 0 Å². The summed E-state index contributed by atoms with van der Waals surface area (Å²) < 4.78 is 0. The maximum absolute atomic E-state index is 12.1. The zero-order valence-corrected chi connectivity index (χ0v) is 12.8. The third kappa shape index (κ3) is 3.94. The minimum atomic E-state index is -0.841. The van der Waals surface area contributed by atoms with Gasteiger partial charge in [0.25, 0.3) is 5.91 Å². The number of nitrogens with one attached hydrogen (secondary N) is 1. The first kappa shape index (κ1) is 15.8. The van der Waals surface area contributed by atoms with Gasteiger partial charge in [-0.1, -0.05) is 35.3 Å². The van der Waals surface area contributed by atoms with Gasteiger partial charge in [0.15, 0.2) is 0 Å². The highest BCUT2D eigenvalue weighted by atomic mass is 35.5. The van der Waals surface area contributed by atoms with Crippen molar-refractivity contribution < 1.29 is 9.90 Å². The number of carbonyl (C=O) groups excluding carboxylic acids is 1. The van der Waals surface area contributed by atoms with Crippen molar-refractivity contribution in [2.45, 2.75) is 19.1 Å². The second-order valence-corrected chi connectivity index (χ2v) is 5.46. The number of aromatic nitrogens is 1. The van der Waals surface area contributed by atoms with Gasteiger partial charge in [0.2, 0.25) is 0 Å². The number of hydrogen-bond donors (Lipinski definition) is 2. The van der Waals surface area contributed by atoms with Crippen LogP contribution in [0.1, 0.15) is 28.9 Å². The first-order chi connectivity index (χ1) is 9.99. The van der Waals surface area contributed by atoms with Crippen molar-refractivity contribution >= 4 is 29.1 Å². The molecule has 0 saturated heterocycles. The smallest absolute Gasteiger partial charge is 0.253 e. The lowest BCUT2D eigenvalue weighted by molar-refractivity contribution is 0.0852. The summed E-state index contributed by atoms with van der Waals surface area (Å²) >= 11 is 11.7. The van der Waals surface area contributed by atoms with Gasteiger partial charge in [-0.3, -0.25) is 9.78 Å². The van der Waals surface area contributed by atoms with E-state index in [1.165, 1.54) is 18.5 Å². The minimum Gasteiger partial charge on any atom is -0.386 e. The Morgan fingerprint density at radius 3 is 2.52 bits per heavy atom. The van der Waals surface area contributed by atoms with E-state index < -0.39 is 12.1 Å². The fourth-order valence-electron chi connectivity index (χ4n) is 1.87. The van der Waals surface area contributed by atoms with Gasteiger partial charge < -0.3 is 10.4 Å². The lowest BCUT2D eigenvalue weighted by Crippen LogP contribution is -2.37. The number of rotatable bonds is 4. The third-order valence-corrected chi connectivity index (χ3v) is 3.61. The molecular weight excluding hydrogens is 311 g/mol. The molecule has 0 radical (unpaired) electrons. The molecule has 2 N–H and O–H groups in total. The molecule has 0 spiro atoms. The van der Waals surface area contributed by atoms with Gasteiger partial charge in [-0.15, -0.1) is 0 Å². The van der Waals surface area contributed by atoms with Crippen LogP contribution in [-0.4, -0.2) is 22.0 Å². The molecule has 110 valence electrons. The first-order valence-electron chi connectivity index (χ1n) is 6.33. The number of halogens is 2. The Morgan fingerprint density at radius 1 is 1.24 bits per heavy atom. The van der Waals surface area contributed by atoms with Gasteiger partial charge in [0, 0.05) is 17.4 Å². The molecule has 0 saturated carbocycles. The maximum atomic E-state index is 12.1. The van der Waals surface area contributed by atoms with Crippen LogP contribution in [0.25, 0.3) is 0 Å². The van der Waals surface area contributed by atoms with Crippen LogP contribution < -0.4 is 5.32 Å². The Kier molecular flexibility index (Phi) is 5.17. The average molecular weight is 325 g/mol. The topological polar surface area (TPSA) is 62.2 Å². The molecule has 1 aromatic heterocycles. The summed E-state index contributed by atoms with van der Waals surface area (Å²) in [6.45, 7) is 1.71. The molecule has 21 heavy (non-hydrogen) atoms. The van der Waals surface area contributed by atoms with E-state index in [2.05, 4.69) is 10.3 Å². The van der Waals surface area contributed by atoms with Crippen LogP contribution in [0.2, 0.25) is 10.0 Å². The molecule has 0 bridgehead atoms. The molecule has 1 aromatic carbocycles. The van der Waals surface area contributed by atoms with Crippen LogP contribution in [0.15, 0.2) is 42.7 Å². The van der Waals surface area contributed by atoms with E-state index in [0.717, 1.165) is 0 Å². The predicted octanol–water partition coefficient (Wildman–Crippen LogP) is 3.24. The summed E-state index contributed by atoms with van der Waals surface area (Å²) in [6.07, 6.45) is 2.05. The van der Waals surface area contributed by atoms with Crippen molar-refractivity contribution in [3.05, 3.63) is 63.9 Å². The van der Waals surface area contributed by atoms with E-state index in [4.69, 9.17) is 23.2 Å². The van der Waals surface area contributed by atoms with E-state index >= 15 is 0 Å². The zero-order chi connectivity index (χ0) is 15.4. The van der Waals surface area contributed by atoms with Crippen LogP contribution in [0, 0.1) is 0 Å². The van der Waals surface area contributed by atoms with E-state index in [0.29, 0.717) is 16.1 Å². The first-order valence-corrected chi connectivity index (χ1v) is 7.08. The molecule has 0 aliphatic rings. The monoisotopic (exact) mass is 324 g/mol. The largest absolute Gasteiger partial charge is 0.386 e. The van der Waals surface area contributed by atoms with Gasteiger partial charge >= 0.3 is 0 Å². The Balaban J connectivity index is 2.07. The fourth-order valence-corrected chi connectivity index (χ4v) is 2.20. The van der Waals surface area contributed by atoms with Crippen molar-refractivity contribution in [1.82, 2.24) is 10.3 Å². The predicted molar refractivity (Wildman–Crippen MR) is 82.6 cm³/mol. The Hall–Kier alpha value is -1.62. The van der Waals surface area contributed by atoms with Crippen LogP contribution in [0.3, 0.4) is 0 Å². The fraction of sp³-hybridized carbons (Fsp3) is 0.200. The molecule has 2 aromatic rings. The summed E-state index contributed by atoms with van der Waals surface area (Å²) in [4.78, 5) is 15.9. The molecule has 4 nitrogen and oxygen atoms in total. The van der Waals surface area contributed by atoms with Crippen LogP contribution in [-0.2, 0) is 0 Å². The number of aliphatic hydroxyl groups is 1. The van der Waals surface area contributed by atoms with Crippen molar-refractivity contribution in [1.29, 1.82) is 0 Å². The van der Waals surface area contributed by atoms with Crippen LogP contribution >= 0.6 is 23.2 Å². The van der Waals surface area contributed by atoms with Gasteiger partial charge in [-0.05, 0) is 30.7 Å². The summed E-state index contributed by atoms with van der Waals surface area (Å²) in [5.41, 5.74) is 0.995. The number of pyridine rings is 1. The lowest BCUT2D eigenvalue weighted by atomic mass is 10.0. The summed E-state index contributed by atoms with van der Waals surface area (Å²) in [7, 11) is 0. The molecule has 2 unspecified atom stereocenters. The van der Waals surface area contributed by atoms with Gasteiger partial charge in [0.05, 0.1) is 22.7 Å². The summed E-state index contributed by atoms with van der Waals surface area (Å²) in [5, 5.41) is 13.8. The molecule has 2 atom stereocenters. The SMILES string of the molecule is CC(NC(=O)c1ccncc1Cl)C(O)c1ccc(Cl)cc1. The maximum Gasteiger partial charge on any atom is 0.253 e. The highest BCUT2D eigenvalue weighted by molar-refractivity contribution is 6.33. The number of carbonyl (C=O) groups is 1. The van der Waals surface area contributed by atoms with E-state index in [1.807, 2.05) is 0 Å². The van der Waals surface area contributed by atoms with Crippen molar-refractivity contribution in [3.8, 4) is 0 Å². The Labute approximate surface area is 132 Å². The van der Waals surface area contributed by atoms with E-state index in [1.54, 1.807) is 31.2 Å². The molecule has 2 rings (SSSR count). The lowest BCUT2D eigenvalue weighted by Gasteiger charge is -2.21. The van der Waals surface area contributed by atoms with Crippen molar-refractivity contribution in [2.24, 2.45) is 0 Å². The number of nitrogens with zero attached hydrogens (tertiary/aromatic N) is 1. The van der Waals surface area contributed by atoms with E-state index in [9.17, 15) is 9.90 Å². The molecule has 0 aliphatic carbocycles. The Morgan fingerprint density at radius 2 is 1.90 bits per heavy atom. The molecule has 1 amide bonds. The van der Waals surface area contributed by atoms with Gasteiger partial charge in [-0.2, -0.15) is 0 Å². The quantitative estimate of drug-likeness (QED) is 0.907. The molecule has 0 aliphatic heterocycles. The normalized spacial score (nSPS) is 13.5. The number of aliphatic hydroxyl groups excluding tert-OH is 1. The zero-order valence-electron chi connectivity index (χ0n) is 11.3. The molecule has 6 heteroatoms. The highest BCUT2D eigenvalue weighted by Crippen LogP contribution is 2.20. The second kappa shape index (κ2) is 6.89. The van der Waals surface area contributed by atoms with Crippen LogP contribution in [0.5, 0.6) is 0 Å². The number of hydrogen-bond acceptors (Lipinski definition) is 3. The third-order valence-electron chi connectivity index (χ3n) is 3.06. The summed E-state index contributed by atoms with van der Waals surface area (Å²) in [5.74, 6) is -0.358. The highest BCUT2D eigenvalue weighted by Gasteiger charge is 2.20. The van der Waals surface area contributed by atoms with Gasteiger partial charge in [0.1, 0.15) is 0 Å². The number of benzene rings is 1. The second-order valence-electron chi connectivity index (χ2n) is 4.61. The van der Waals surface area contributed by atoms with E-state index in [-0.39, 0.29) is 10.9 Å². The Bertz CT molecular complexity index is 632. The minimum absolute atomic E-state index is 0.267. The summed E-state index contributed by atoms with van der Waals surface area (Å²) in [6, 6.07) is 7.86.